The Hall–Kier alpha value is -1.48. The van der Waals surface area contributed by atoms with Crippen molar-refractivity contribution >= 4 is 0 Å². The van der Waals surface area contributed by atoms with E-state index in [1.54, 1.807) is 6.07 Å². The molecule has 3 aliphatic rings. The molecule has 43 heavy (non-hydrogen) atoms. The fourth-order valence-corrected chi connectivity index (χ4v) is 8.69. The summed E-state index contributed by atoms with van der Waals surface area (Å²) < 4.78 is 78.5. The summed E-state index contributed by atoms with van der Waals surface area (Å²) in [6, 6.07) is 5.43. The SMILES string of the molecule is CN(CCCCCCCCC(F)(F)C(F)(F)F)CCCCC[C@@H]1Cc2cc(O)ccc2C2C1C1CC[C@H](O)C1(C)C[C@@H]2F. The molecule has 246 valence electrons. The van der Waals surface area contributed by atoms with E-state index in [1.807, 2.05) is 12.1 Å². The van der Waals surface area contributed by atoms with Crippen LogP contribution in [-0.4, -0.2) is 59.6 Å². The summed E-state index contributed by atoms with van der Waals surface area (Å²) in [5.41, 5.74) is 1.77. The number of rotatable bonds is 15. The highest BCUT2D eigenvalue weighted by atomic mass is 19.4. The van der Waals surface area contributed by atoms with E-state index in [0.29, 0.717) is 31.1 Å². The lowest BCUT2D eigenvalue weighted by Gasteiger charge is -2.54. The minimum Gasteiger partial charge on any atom is -0.508 e. The molecule has 0 saturated heterocycles. The van der Waals surface area contributed by atoms with Gasteiger partial charge in [0.05, 0.1) is 6.10 Å². The molecule has 7 atom stereocenters. The van der Waals surface area contributed by atoms with Gasteiger partial charge in [0.15, 0.2) is 0 Å². The number of aliphatic hydroxyl groups is 1. The molecule has 0 amide bonds. The van der Waals surface area contributed by atoms with Crippen LogP contribution in [0.4, 0.5) is 26.3 Å². The monoisotopic (exact) mass is 619 g/mol. The molecule has 3 nitrogen and oxygen atoms in total. The number of aliphatic hydroxyl groups excluding tert-OH is 1. The van der Waals surface area contributed by atoms with Crippen molar-refractivity contribution in [2.45, 2.75) is 134 Å². The third-order valence-electron chi connectivity index (χ3n) is 11.1. The van der Waals surface area contributed by atoms with Crippen LogP contribution in [0.3, 0.4) is 0 Å². The zero-order valence-electron chi connectivity index (χ0n) is 25.8. The Morgan fingerprint density at radius 1 is 0.907 bits per heavy atom. The third-order valence-corrected chi connectivity index (χ3v) is 11.1. The molecule has 0 spiro atoms. The molecule has 2 N–H and O–H groups in total. The van der Waals surface area contributed by atoms with Crippen LogP contribution in [0.25, 0.3) is 0 Å². The van der Waals surface area contributed by atoms with Crippen LogP contribution in [0, 0.1) is 23.2 Å². The second kappa shape index (κ2) is 14.3. The van der Waals surface area contributed by atoms with E-state index in [-0.39, 0.29) is 29.4 Å². The minimum absolute atomic E-state index is 0.111. The molecule has 0 radical (unpaired) electrons. The highest BCUT2D eigenvalue weighted by molar-refractivity contribution is 5.41. The van der Waals surface area contributed by atoms with Gasteiger partial charge in [-0.15, -0.1) is 0 Å². The summed E-state index contributed by atoms with van der Waals surface area (Å²) in [6.45, 7) is 4.00. The molecule has 0 aromatic heterocycles. The second-order valence-electron chi connectivity index (χ2n) is 14.1. The van der Waals surface area contributed by atoms with Crippen LogP contribution >= 0.6 is 0 Å². The average molecular weight is 620 g/mol. The van der Waals surface area contributed by atoms with Gasteiger partial charge in [0.25, 0.3) is 0 Å². The van der Waals surface area contributed by atoms with Gasteiger partial charge in [-0.25, -0.2) is 4.39 Å². The van der Waals surface area contributed by atoms with E-state index in [9.17, 15) is 32.2 Å². The van der Waals surface area contributed by atoms with Crippen LogP contribution in [-0.2, 0) is 6.42 Å². The van der Waals surface area contributed by atoms with Crippen LogP contribution in [0.2, 0.25) is 0 Å². The number of hydrogen-bond acceptors (Lipinski definition) is 3. The van der Waals surface area contributed by atoms with Crippen molar-refractivity contribution in [1.82, 2.24) is 4.90 Å². The van der Waals surface area contributed by atoms with Crippen molar-refractivity contribution in [3.8, 4) is 5.75 Å². The number of fused-ring (bicyclic) bond motifs is 5. The Kier molecular flexibility index (Phi) is 11.4. The number of halogens is 6. The van der Waals surface area contributed by atoms with Gasteiger partial charge in [0.1, 0.15) is 11.9 Å². The molecule has 2 saturated carbocycles. The maximum Gasteiger partial charge on any atom is 0.453 e. The first kappa shape index (κ1) is 34.4. The van der Waals surface area contributed by atoms with Gasteiger partial charge in [-0.1, -0.05) is 51.5 Å². The molecule has 1 aromatic rings. The van der Waals surface area contributed by atoms with Crippen LogP contribution in [0.15, 0.2) is 18.2 Å². The number of hydrogen-bond donors (Lipinski definition) is 2. The number of benzene rings is 1. The van der Waals surface area contributed by atoms with Crippen molar-refractivity contribution in [3.63, 3.8) is 0 Å². The Balaban J connectivity index is 1.16. The lowest BCUT2D eigenvalue weighted by Crippen LogP contribution is -2.51. The lowest BCUT2D eigenvalue weighted by atomic mass is 9.51. The number of nitrogens with zero attached hydrogens (tertiary/aromatic N) is 1. The first-order valence-corrected chi connectivity index (χ1v) is 16.5. The molecular weight excluding hydrogens is 568 g/mol. The predicted molar refractivity (Wildman–Crippen MR) is 157 cm³/mol. The zero-order chi connectivity index (χ0) is 31.4. The molecule has 2 fully saturated rings. The summed E-state index contributed by atoms with van der Waals surface area (Å²) >= 11 is 0. The maximum absolute atomic E-state index is 15.9. The molecule has 3 aliphatic carbocycles. The summed E-state index contributed by atoms with van der Waals surface area (Å²) in [5, 5.41) is 21.0. The molecule has 4 rings (SSSR count). The highest BCUT2D eigenvalue weighted by Crippen LogP contribution is 2.63. The molecule has 1 aromatic carbocycles. The predicted octanol–water partition coefficient (Wildman–Crippen LogP) is 9.20. The van der Waals surface area contributed by atoms with E-state index >= 15 is 4.39 Å². The summed E-state index contributed by atoms with van der Waals surface area (Å²) in [4.78, 5) is 2.29. The van der Waals surface area contributed by atoms with Crippen molar-refractivity contribution in [2.75, 3.05) is 20.1 Å². The number of alkyl halides is 6. The zero-order valence-corrected chi connectivity index (χ0v) is 25.8. The highest BCUT2D eigenvalue weighted by Gasteiger charge is 2.60. The Morgan fingerprint density at radius 3 is 2.21 bits per heavy atom. The van der Waals surface area contributed by atoms with E-state index in [4.69, 9.17) is 0 Å². The smallest absolute Gasteiger partial charge is 0.453 e. The summed E-state index contributed by atoms with van der Waals surface area (Å²) in [5.74, 6) is -3.64. The number of unbranched alkanes of at least 4 members (excludes halogenated alkanes) is 7. The molecule has 0 aliphatic heterocycles. The van der Waals surface area contributed by atoms with Gasteiger partial charge in [0.2, 0.25) is 0 Å². The Bertz CT molecular complexity index is 1030. The molecule has 4 unspecified atom stereocenters. The number of phenols is 1. The van der Waals surface area contributed by atoms with Gasteiger partial charge in [-0.3, -0.25) is 0 Å². The van der Waals surface area contributed by atoms with E-state index in [1.165, 1.54) is 0 Å². The van der Waals surface area contributed by atoms with Gasteiger partial charge >= 0.3 is 12.1 Å². The number of phenolic OH excluding ortho intramolecular Hbond substituents is 1. The first-order valence-electron chi connectivity index (χ1n) is 16.5. The van der Waals surface area contributed by atoms with Crippen LogP contribution in [0.1, 0.15) is 114 Å². The van der Waals surface area contributed by atoms with Gasteiger partial charge in [0, 0.05) is 12.3 Å². The summed E-state index contributed by atoms with van der Waals surface area (Å²) in [7, 11) is 2.09. The third kappa shape index (κ3) is 8.03. The lowest BCUT2D eigenvalue weighted by molar-refractivity contribution is -0.284. The fraction of sp³-hybridized carbons (Fsp3) is 0.824. The normalized spacial score (nSPS) is 30.7. The van der Waals surface area contributed by atoms with E-state index in [0.717, 1.165) is 88.4 Å². The molecule has 0 bridgehead atoms. The van der Waals surface area contributed by atoms with Gasteiger partial charge in [-0.05, 0) is 118 Å². The van der Waals surface area contributed by atoms with Crippen LogP contribution in [0.5, 0.6) is 5.75 Å². The number of aromatic hydroxyl groups is 1. The quantitative estimate of drug-likeness (QED) is 0.152. The second-order valence-corrected chi connectivity index (χ2v) is 14.1. The van der Waals surface area contributed by atoms with E-state index < -0.39 is 30.8 Å². The van der Waals surface area contributed by atoms with E-state index in [2.05, 4.69) is 18.9 Å². The largest absolute Gasteiger partial charge is 0.508 e. The van der Waals surface area contributed by atoms with Gasteiger partial charge in [-0.2, -0.15) is 22.0 Å². The van der Waals surface area contributed by atoms with Crippen molar-refractivity contribution in [1.29, 1.82) is 0 Å². The Labute approximate surface area is 253 Å². The summed E-state index contributed by atoms with van der Waals surface area (Å²) in [6.07, 6.45) is 2.88. The molecular formula is C34H51F6NO2. The standard InChI is InChI=1S/C34H51F6NO2/c1-32-22-28(35)31-26-14-13-25(42)21-24(26)20-23(30(31)27(32)15-16-29(32)43)12-8-7-11-19-41(2)18-10-6-4-3-5-9-17-33(36,37)34(38,39)40/h13-14,21,23,27-31,42-43H,3-12,15-20,22H2,1-2H3/t23-,27?,28+,29+,30?,31?,32?/m1/s1. The molecule has 0 heterocycles. The average Bonchev–Trinajstić information content (AvgIpc) is 3.22. The van der Waals surface area contributed by atoms with Crippen molar-refractivity contribution in [3.05, 3.63) is 29.3 Å². The van der Waals surface area contributed by atoms with Crippen LogP contribution < -0.4 is 0 Å². The Morgan fingerprint density at radius 2 is 1.53 bits per heavy atom. The fourth-order valence-electron chi connectivity index (χ4n) is 8.69. The van der Waals surface area contributed by atoms with Crippen molar-refractivity contribution in [2.24, 2.45) is 23.2 Å². The minimum atomic E-state index is -5.45. The first-order chi connectivity index (χ1) is 20.2. The molecule has 9 heteroatoms. The topological polar surface area (TPSA) is 43.7 Å². The van der Waals surface area contributed by atoms with Gasteiger partial charge < -0.3 is 15.1 Å². The van der Waals surface area contributed by atoms with Crippen molar-refractivity contribution < 1.29 is 36.6 Å². The maximum atomic E-state index is 15.9.